The predicted molar refractivity (Wildman–Crippen MR) is 154 cm³/mol. The molecule has 43 heavy (non-hydrogen) atoms. The van der Waals surface area contributed by atoms with Gasteiger partial charge in [-0.3, -0.25) is 14.5 Å². The van der Waals surface area contributed by atoms with Gasteiger partial charge in [0.15, 0.2) is 5.13 Å². The predicted octanol–water partition coefficient (Wildman–Crippen LogP) is 4.21. The summed E-state index contributed by atoms with van der Waals surface area (Å²) in [6.45, 7) is 6.12. The lowest BCUT2D eigenvalue weighted by atomic mass is 10.0. The van der Waals surface area contributed by atoms with Crippen molar-refractivity contribution >= 4 is 49.9 Å². The number of benzene rings is 1. The second kappa shape index (κ2) is 11.5. The molecule has 0 unspecified atom stereocenters. The van der Waals surface area contributed by atoms with Gasteiger partial charge in [-0.05, 0) is 63.1 Å². The highest BCUT2D eigenvalue weighted by Crippen LogP contribution is 2.41. The van der Waals surface area contributed by atoms with Gasteiger partial charge in [-0.25, -0.2) is 23.1 Å². The van der Waals surface area contributed by atoms with Gasteiger partial charge in [0, 0.05) is 12.6 Å². The molecule has 2 amide bonds. The number of halogens is 3. The molecule has 5 rings (SSSR count). The second-order valence-corrected chi connectivity index (χ2v) is 13.2. The van der Waals surface area contributed by atoms with Gasteiger partial charge in [-0.1, -0.05) is 17.4 Å². The molecule has 0 aliphatic carbocycles. The Morgan fingerprint density at radius 1 is 1.12 bits per heavy atom. The Morgan fingerprint density at radius 3 is 2.53 bits per heavy atom. The van der Waals surface area contributed by atoms with E-state index >= 15 is 0 Å². The minimum absolute atomic E-state index is 0.0297. The normalized spacial score (nSPS) is 16.7. The van der Waals surface area contributed by atoms with Crippen molar-refractivity contribution in [2.45, 2.75) is 57.4 Å². The van der Waals surface area contributed by atoms with E-state index in [1.165, 1.54) is 28.4 Å². The number of amides is 2. The molecule has 3 aromatic rings. The fourth-order valence-electron chi connectivity index (χ4n) is 4.88. The number of hydrogen-bond donors (Lipinski definition) is 2. The zero-order chi connectivity index (χ0) is 31.3. The second-order valence-electron chi connectivity index (χ2n) is 10.5. The zero-order valence-corrected chi connectivity index (χ0v) is 25.3. The van der Waals surface area contributed by atoms with Crippen molar-refractivity contribution in [1.29, 1.82) is 0 Å². The fourth-order valence-corrected chi connectivity index (χ4v) is 7.35. The summed E-state index contributed by atoms with van der Waals surface area (Å²) >= 11 is 1.18. The number of ether oxygens (including phenoxy) is 1. The van der Waals surface area contributed by atoms with Gasteiger partial charge >= 0.3 is 6.18 Å². The number of pyridine rings is 1. The lowest BCUT2D eigenvalue weighted by Crippen LogP contribution is -2.43. The summed E-state index contributed by atoms with van der Waals surface area (Å²) in [6.07, 6.45) is -4.69. The minimum atomic E-state index is -4.69. The molecule has 1 aromatic carbocycles. The van der Waals surface area contributed by atoms with E-state index in [1.54, 1.807) is 39.0 Å². The number of aromatic nitrogens is 2. The molecule has 16 heteroatoms. The molecular weight excluding hydrogens is 609 g/mol. The number of hydrogen-bond acceptors (Lipinski definition) is 9. The van der Waals surface area contributed by atoms with Crippen molar-refractivity contribution < 1.29 is 35.9 Å². The van der Waals surface area contributed by atoms with E-state index in [-0.39, 0.29) is 28.5 Å². The van der Waals surface area contributed by atoms with E-state index in [1.807, 2.05) is 0 Å². The number of rotatable bonds is 8. The van der Waals surface area contributed by atoms with Gasteiger partial charge in [0.25, 0.3) is 11.8 Å². The van der Waals surface area contributed by atoms with Crippen molar-refractivity contribution in [3.63, 3.8) is 0 Å². The van der Waals surface area contributed by atoms with Gasteiger partial charge in [0.1, 0.15) is 24.3 Å². The molecule has 4 heterocycles. The highest BCUT2D eigenvalue weighted by Gasteiger charge is 2.46. The number of carbonyl (C=O) groups excluding carboxylic acids is 2. The summed E-state index contributed by atoms with van der Waals surface area (Å²) in [5.74, 6) is -0.346. The van der Waals surface area contributed by atoms with Crippen LogP contribution in [-0.2, 0) is 26.1 Å². The first-order valence-corrected chi connectivity index (χ1v) is 15.6. The lowest BCUT2D eigenvalue weighted by Gasteiger charge is -2.26. The van der Waals surface area contributed by atoms with Crippen molar-refractivity contribution in [2.24, 2.45) is 0 Å². The summed E-state index contributed by atoms with van der Waals surface area (Å²) in [4.78, 5) is 36.8. The molecule has 2 aromatic heterocycles. The standard InChI is InChI=1S/C27H29F3N6O5S2/c1-14(2)34-43(39,40)19-11-17(10-18-12-36(25(38)23(18)19)16(4)27(28,29)30)24-15(3)31-26(42-24)33-20-6-5-7-21(32-20)35-8-9-41-13-22(35)37/h5-7,10-11,14,16,34H,8-9,12-13H2,1-4H3,(H,31,32,33)/t16-/m0/s1. The molecule has 2 aliphatic rings. The van der Waals surface area contributed by atoms with Crippen LogP contribution in [0, 0.1) is 6.92 Å². The van der Waals surface area contributed by atoms with Crippen LogP contribution in [0.3, 0.4) is 0 Å². The Morgan fingerprint density at radius 2 is 1.86 bits per heavy atom. The maximum absolute atomic E-state index is 13.6. The number of thiazole rings is 1. The molecule has 0 radical (unpaired) electrons. The van der Waals surface area contributed by atoms with Crippen LogP contribution in [0.25, 0.3) is 10.4 Å². The Balaban J connectivity index is 1.51. The first-order valence-electron chi connectivity index (χ1n) is 13.3. The number of nitrogens with one attached hydrogen (secondary N) is 2. The Hall–Kier alpha value is -3.60. The number of nitrogens with zero attached hydrogens (tertiary/aromatic N) is 4. The largest absolute Gasteiger partial charge is 0.408 e. The molecule has 0 spiro atoms. The van der Waals surface area contributed by atoms with E-state index < -0.39 is 40.7 Å². The third-order valence-corrected chi connectivity index (χ3v) is 9.72. The van der Waals surface area contributed by atoms with Crippen molar-refractivity contribution in [1.82, 2.24) is 19.6 Å². The Labute approximate surface area is 250 Å². The highest BCUT2D eigenvalue weighted by atomic mass is 32.2. The van der Waals surface area contributed by atoms with Crippen molar-refractivity contribution in [2.75, 3.05) is 30.0 Å². The number of anilines is 3. The average molecular weight is 639 g/mol. The van der Waals surface area contributed by atoms with Gasteiger partial charge in [-0.2, -0.15) is 13.2 Å². The van der Waals surface area contributed by atoms with E-state index in [0.29, 0.717) is 51.0 Å². The molecular formula is C27H29F3N6O5S2. The zero-order valence-electron chi connectivity index (χ0n) is 23.7. The monoisotopic (exact) mass is 638 g/mol. The molecule has 0 saturated carbocycles. The van der Waals surface area contributed by atoms with Gasteiger partial charge < -0.3 is 15.0 Å². The topological polar surface area (TPSA) is 134 Å². The van der Waals surface area contributed by atoms with Crippen LogP contribution in [0.4, 0.5) is 29.9 Å². The van der Waals surface area contributed by atoms with Crippen LogP contribution in [0.1, 0.15) is 42.4 Å². The summed E-state index contributed by atoms with van der Waals surface area (Å²) in [5.41, 5.74) is 0.819. The molecule has 11 nitrogen and oxygen atoms in total. The number of carbonyl (C=O) groups is 2. The summed E-state index contributed by atoms with van der Waals surface area (Å²) in [7, 11) is -4.27. The molecule has 0 bridgehead atoms. The first-order chi connectivity index (χ1) is 20.2. The van der Waals surface area contributed by atoms with Crippen LogP contribution < -0.4 is 14.9 Å². The Kier molecular flexibility index (Phi) is 8.24. The summed E-state index contributed by atoms with van der Waals surface area (Å²) in [5, 5.41) is 3.52. The summed E-state index contributed by atoms with van der Waals surface area (Å²) < 4.78 is 75.0. The molecule has 2 N–H and O–H groups in total. The lowest BCUT2D eigenvalue weighted by molar-refractivity contribution is -0.172. The van der Waals surface area contributed by atoms with E-state index in [2.05, 4.69) is 20.0 Å². The number of alkyl halides is 3. The van der Waals surface area contributed by atoms with Gasteiger partial charge in [-0.15, -0.1) is 0 Å². The number of morpholine rings is 1. The minimum Gasteiger partial charge on any atom is -0.370 e. The molecule has 1 saturated heterocycles. The molecule has 1 atom stereocenters. The van der Waals surface area contributed by atoms with Crippen LogP contribution in [0.5, 0.6) is 0 Å². The molecule has 1 fully saturated rings. The molecule has 2 aliphatic heterocycles. The summed E-state index contributed by atoms with van der Waals surface area (Å²) in [6, 6.07) is 5.34. The quantitative estimate of drug-likeness (QED) is 0.375. The maximum Gasteiger partial charge on any atom is 0.408 e. The highest BCUT2D eigenvalue weighted by molar-refractivity contribution is 7.89. The smallest absolute Gasteiger partial charge is 0.370 e. The maximum atomic E-state index is 13.6. The van der Waals surface area contributed by atoms with E-state index in [9.17, 15) is 31.2 Å². The SMILES string of the molecule is Cc1nc(Nc2cccc(N3CCOCC3=O)n2)sc1-c1cc2c(c(S(=O)(=O)NC(C)C)c1)C(=O)N([C@@H](C)C(F)(F)F)C2. The molecule has 230 valence electrons. The Bertz CT molecular complexity index is 1690. The third-order valence-electron chi connectivity index (χ3n) is 6.91. The van der Waals surface area contributed by atoms with Crippen LogP contribution in [0.2, 0.25) is 0 Å². The van der Waals surface area contributed by atoms with Gasteiger partial charge in [0.05, 0.1) is 34.2 Å². The third kappa shape index (κ3) is 6.23. The fraction of sp³-hybridized carbons (Fsp3) is 0.407. The number of aryl methyl sites for hydroxylation is 1. The first kappa shape index (κ1) is 30.8. The van der Waals surface area contributed by atoms with Crippen molar-refractivity contribution in [3.05, 3.63) is 47.2 Å². The number of sulfonamides is 1. The van der Waals surface area contributed by atoms with Crippen LogP contribution in [0.15, 0.2) is 35.2 Å². The van der Waals surface area contributed by atoms with Crippen LogP contribution >= 0.6 is 11.3 Å². The number of fused-ring (bicyclic) bond motifs is 1. The van der Waals surface area contributed by atoms with Crippen molar-refractivity contribution in [3.8, 4) is 10.4 Å². The van der Waals surface area contributed by atoms with E-state index in [4.69, 9.17) is 4.74 Å². The average Bonchev–Trinajstić information content (AvgIpc) is 3.45. The van der Waals surface area contributed by atoms with Gasteiger partial charge in [0.2, 0.25) is 10.0 Å². The van der Waals surface area contributed by atoms with E-state index in [0.717, 1.165) is 6.92 Å². The van der Waals surface area contributed by atoms with Crippen LogP contribution in [-0.4, -0.2) is 73.1 Å².